The van der Waals surface area contributed by atoms with E-state index in [1.54, 1.807) is 31.2 Å². The summed E-state index contributed by atoms with van der Waals surface area (Å²) in [6.07, 6.45) is -1.89. The normalized spacial score (nSPS) is 10.2. The topological polar surface area (TPSA) is 77.3 Å². The largest absolute Gasteiger partial charge is 0.458 e. The number of nitrogens with zero attached hydrogens (tertiary/aromatic N) is 2. The molecule has 0 aromatic heterocycles. The Bertz CT molecular complexity index is 426. The smallest absolute Gasteiger partial charge is 0.447 e. The third kappa shape index (κ3) is 4.87. The molecule has 0 aliphatic heterocycles. The van der Waals surface area contributed by atoms with Crippen LogP contribution in [0.1, 0.15) is 12.5 Å². The molecule has 1 rings (SSSR count). The first kappa shape index (κ1) is 12.8. The van der Waals surface area contributed by atoms with Crippen molar-refractivity contribution < 1.29 is 19.1 Å². The molecule has 1 aromatic carbocycles. The van der Waals surface area contributed by atoms with Crippen LogP contribution in [-0.4, -0.2) is 18.8 Å². The molecule has 0 unspecified atom stereocenters. The predicted octanol–water partition coefficient (Wildman–Crippen LogP) is 3.10. The average Bonchev–Trinajstić information content (AvgIpc) is 2.30. The summed E-state index contributed by atoms with van der Waals surface area (Å²) in [6, 6.07) is 6.80. The van der Waals surface area contributed by atoms with E-state index in [-0.39, 0.29) is 6.61 Å². The third-order valence-corrected chi connectivity index (χ3v) is 1.71. The summed E-state index contributed by atoms with van der Waals surface area (Å²) in [5.74, 6) is 0.336. The van der Waals surface area contributed by atoms with E-state index in [0.717, 1.165) is 5.56 Å². The number of rotatable bonds is 2. The van der Waals surface area contributed by atoms with Crippen molar-refractivity contribution in [3.05, 3.63) is 29.8 Å². The highest BCUT2D eigenvalue weighted by Crippen LogP contribution is 2.12. The maximum Gasteiger partial charge on any atom is 0.458 e. The molecule has 0 saturated carbocycles. The van der Waals surface area contributed by atoms with Crippen molar-refractivity contribution in [1.29, 1.82) is 0 Å². The van der Waals surface area contributed by atoms with Gasteiger partial charge in [-0.25, -0.2) is 9.59 Å². The number of carbonyl (C=O) groups excluding carboxylic acids is 2. The second-order valence-electron chi connectivity index (χ2n) is 3.08. The molecule has 0 heterocycles. The van der Waals surface area contributed by atoms with Gasteiger partial charge in [-0.05, 0) is 26.0 Å². The lowest BCUT2D eigenvalue weighted by Crippen LogP contribution is -2.03. The Balaban J connectivity index is 2.49. The molecule has 1 aromatic rings. The second-order valence-corrected chi connectivity index (χ2v) is 3.08. The van der Waals surface area contributed by atoms with Gasteiger partial charge in [-0.1, -0.05) is 27.9 Å². The Morgan fingerprint density at radius 3 is 2.29 bits per heavy atom. The van der Waals surface area contributed by atoms with Gasteiger partial charge in [-0.3, -0.25) is 0 Å². The molecule has 0 atom stereocenters. The molecule has 0 fully saturated rings. The van der Waals surface area contributed by atoms with Gasteiger partial charge in [0.2, 0.25) is 0 Å². The Labute approximate surface area is 98.3 Å². The van der Waals surface area contributed by atoms with Crippen molar-refractivity contribution in [3.63, 3.8) is 0 Å². The van der Waals surface area contributed by atoms with Crippen molar-refractivity contribution >= 4 is 12.2 Å². The molecule has 6 nitrogen and oxygen atoms in total. The molecule has 0 saturated heterocycles. The minimum absolute atomic E-state index is 0.171. The number of hydrogen-bond donors (Lipinski definition) is 0. The molecular weight excluding hydrogens is 224 g/mol. The fourth-order valence-electron chi connectivity index (χ4n) is 0.962. The number of ether oxygens (including phenoxy) is 2. The van der Waals surface area contributed by atoms with Crippen LogP contribution in [0.25, 0.3) is 0 Å². The fraction of sp³-hybridized carbons (Fsp3) is 0.273. The Kier molecular flexibility index (Phi) is 4.80. The van der Waals surface area contributed by atoms with Crippen LogP contribution >= 0.6 is 0 Å². The van der Waals surface area contributed by atoms with Crippen molar-refractivity contribution in [1.82, 2.24) is 0 Å². The van der Waals surface area contributed by atoms with E-state index >= 15 is 0 Å². The van der Waals surface area contributed by atoms with Gasteiger partial charge in [0, 0.05) is 0 Å². The van der Waals surface area contributed by atoms with E-state index in [1.807, 2.05) is 6.92 Å². The molecular formula is C11H12N2O4. The molecule has 90 valence electrons. The summed E-state index contributed by atoms with van der Waals surface area (Å²) < 4.78 is 9.24. The summed E-state index contributed by atoms with van der Waals surface area (Å²) in [5, 5.41) is 6.07. The molecule has 0 aliphatic carbocycles. The first-order chi connectivity index (χ1) is 8.11. The van der Waals surface area contributed by atoms with E-state index in [2.05, 4.69) is 15.0 Å². The van der Waals surface area contributed by atoms with Crippen LogP contribution in [-0.2, 0) is 4.74 Å². The SMILES string of the molecule is CCOC(=O)/N=N/C(=O)Oc1ccc(C)cc1. The minimum atomic E-state index is -0.970. The van der Waals surface area contributed by atoms with E-state index in [4.69, 9.17) is 4.74 Å². The second kappa shape index (κ2) is 6.37. The van der Waals surface area contributed by atoms with Crippen molar-refractivity contribution in [3.8, 4) is 5.75 Å². The zero-order chi connectivity index (χ0) is 12.7. The summed E-state index contributed by atoms with van der Waals surface area (Å²) in [6.45, 7) is 3.70. The summed E-state index contributed by atoms with van der Waals surface area (Å²) >= 11 is 0. The van der Waals surface area contributed by atoms with Crippen LogP contribution in [0.2, 0.25) is 0 Å². The van der Waals surface area contributed by atoms with Gasteiger partial charge in [-0.15, -0.1) is 0 Å². The summed E-state index contributed by atoms with van der Waals surface area (Å²) in [7, 11) is 0. The van der Waals surface area contributed by atoms with Crippen LogP contribution in [0.4, 0.5) is 9.59 Å². The van der Waals surface area contributed by atoms with E-state index < -0.39 is 12.2 Å². The number of amides is 2. The monoisotopic (exact) mass is 236 g/mol. The molecule has 0 bridgehead atoms. The quantitative estimate of drug-likeness (QED) is 0.739. The van der Waals surface area contributed by atoms with Gasteiger partial charge in [0.15, 0.2) is 0 Å². The third-order valence-electron chi connectivity index (χ3n) is 1.71. The highest BCUT2D eigenvalue weighted by molar-refractivity contribution is 5.74. The Hall–Kier alpha value is -2.24. The lowest BCUT2D eigenvalue weighted by atomic mass is 10.2. The van der Waals surface area contributed by atoms with Crippen LogP contribution < -0.4 is 4.74 Å². The number of aryl methyl sites for hydroxylation is 1. The Morgan fingerprint density at radius 2 is 1.71 bits per heavy atom. The molecule has 0 radical (unpaired) electrons. The highest BCUT2D eigenvalue weighted by Gasteiger charge is 2.04. The van der Waals surface area contributed by atoms with E-state index in [1.165, 1.54) is 0 Å². The lowest BCUT2D eigenvalue weighted by Gasteiger charge is -1.99. The number of carbonyl (C=O) groups is 2. The standard InChI is InChI=1S/C11H12N2O4/c1-3-16-10(14)12-13-11(15)17-9-6-4-8(2)5-7-9/h4-7H,3H2,1-2H3/b13-12+. The fourth-order valence-corrected chi connectivity index (χ4v) is 0.962. The van der Waals surface area contributed by atoms with Crippen molar-refractivity contribution in [2.75, 3.05) is 6.61 Å². The lowest BCUT2D eigenvalue weighted by molar-refractivity contribution is 0.160. The molecule has 17 heavy (non-hydrogen) atoms. The first-order valence-corrected chi connectivity index (χ1v) is 4.98. The minimum Gasteiger partial charge on any atom is -0.447 e. The number of hydrogen-bond acceptors (Lipinski definition) is 4. The van der Waals surface area contributed by atoms with Gasteiger partial charge in [0.25, 0.3) is 0 Å². The number of benzene rings is 1. The molecule has 2 amide bonds. The van der Waals surface area contributed by atoms with Crippen LogP contribution in [0.5, 0.6) is 5.75 Å². The van der Waals surface area contributed by atoms with Gasteiger partial charge < -0.3 is 9.47 Å². The van der Waals surface area contributed by atoms with Crippen molar-refractivity contribution in [2.45, 2.75) is 13.8 Å². The van der Waals surface area contributed by atoms with Gasteiger partial charge in [0.05, 0.1) is 6.61 Å². The van der Waals surface area contributed by atoms with Crippen LogP contribution in [0.15, 0.2) is 34.5 Å². The van der Waals surface area contributed by atoms with Crippen LogP contribution in [0, 0.1) is 6.92 Å². The van der Waals surface area contributed by atoms with Gasteiger partial charge in [-0.2, -0.15) is 0 Å². The van der Waals surface area contributed by atoms with E-state index in [0.29, 0.717) is 5.75 Å². The maximum atomic E-state index is 11.1. The van der Waals surface area contributed by atoms with Gasteiger partial charge >= 0.3 is 12.2 Å². The van der Waals surface area contributed by atoms with Gasteiger partial charge in [0.1, 0.15) is 5.75 Å². The summed E-state index contributed by atoms with van der Waals surface area (Å²) in [5.41, 5.74) is 1.04. The Morgan fingerprint density at radius 1 is 1.12 bits per heavy atom. The molecule has 0 spiro atoms. The van der Waals surface area contributed by atoms with E-state index in [9.17, 15) is 9.59 Å². The van der Waals surface area contributed by atoms with Crippen LogP contribution in [0.3, 0.4) is 0 Å². The first-order valence-electron chi connectivity index (χ1n) is 4.98. The summed E-state index contributed by atoms with van der Waals surface area (Å²) in [4.78, 5) is 21.9. The molecule has 0 aliphatic rings. The average molecular weight is 236 g/mol. The molecule has 0 N–H and O–H groups in total. The zero-order valence-corrected chi connectivity index (χ0v) is 9.54. The predicted molar refractivity (Wildman–Crippen MR) is 59.1 cm³/mol. The maximum absolute atomic E-state index is 11.1. The number of azo groups is 1. The van der Waals surface area contributed by atoms with Crippen molar-refractivity contribution in [2.24, 2.45) is 10.2 Å². The zero-order valence-electron chi connectivity index (χ0n) is 9.54. The molecule has 6 heteroatoms. The highest BCUT2D eigenvalue weighted by atomic mass is 16.6.